The number of Topliss-reactive ketones (excluding diaryl/α,β-unsaturated/α-hetero) is 1. The molecule has 5 heteroatoms. The highest BCUT2D eigenvalue weighted by atomic mass is 32.1. The molecule has 0 unspecified atom stereocenters. The summed E-state index contributed by atoms with van der Waals surface area (Å²) < 4.78 is 0. The van der Waals surface area contributed by atoms with Crippen LogP contribution in [0.25, 0.3) is 10.6 Å². The zero-order chi connectivity index (χ0) is 15.5. The van der Waals surface area contributed by atoms with Crippen LogP contribution in [0.2, 0.25) is 0 Å². The minimum absolute atomic E-state index is 0.0781. The van der Waals surface area contributed by atoms with Crippen LogP contribution in [-0.2, 0) is 0 Å². The Bertz CT molecular complexity index is 809. The molecule has 0 radical (unpaired) electrons. The summed E-state index contributed by atoms with van der Waals surface area (Å²) in [5.74, 6) is 1.56. The topological polar surface area (TPSA) is 54.9 Å². The van der Waals surface area contributed by atoms with Crippen LogP contribution in [0, 0.1) is 6.92 Å². The number of carbonyl (C=O) groups excluding carboxylic acids is 1. The Balaban J connectivity index is 1.85. The van der Waals surface area contributed by atoms with Crippen LogP contribution in [0.1, 0.15) is 22.2 Å². The van der Waals surface area contributed by atoms with E-state index in [1.807, 2.05) is 55.6 Å². The number of nitrogens with zero attached hydrogens (tertiary/aromatic N) is 2. The Morgan fingerprint density at radius 2 is 1.95 bits per heavy atom. The summed E-state index contributed by atoms with van der Waals surface area (Å²) in [5, 5.41) is 3.19. The van der Waals surface area contributed by atoms with E-state index in [1.54, 1.807) is 6.92 Å². The second-order valence-corrected chi connectivity index (χ2v) is 6.06. The van der Waals surface area contributed by atoms with Gasteiger partial charge in [-0.05, 0) is 49.7 Å². The number of pyridine rings is 2. The number of nitrogens with one attached hydrogen (secondary N) is 1. The lowest BCUT2D eigenvalue weighted by molar-refractivity contribution is 0.102. The molecular formula is C17H15N3OS. The van der Waals surface area contributed by atoms with Gasteiger partial charge in [-0.15, -0.1) is 11.3 Å². The van der Waals surface area contributed by atoms with Crippen molar-refractivity contribution in [2.45, 2.75) is 13.8 Å². The van der Waals surface area contributed by atoms with Gasteiger partial charge in [-0.3, -0.25) is 4.79 Å². The van der Waals surface area contributed by atoms with Crippen LogP contribution >= 0.6 is 11.3 Å². The number of rotatable bonds is 4. The van der Waals surface area contributed by atoms with Crippen molar-refractivity contribution in [2.24, 2.45) is 0 Å². The first-order chi connectivity index (χ1) is 10.6. The SMILES string of the molecule is CC(=O)c1ccc(-c2cccc(Nc3ccc(C)cn3)n2)s1. The highest BCUT2D eigenvalue weighted by Crippen LogP contribution is 2.28. The number of anilines is 2. The second-order valence-electron chi connectivity index (χ2n) is 4.97. The lowest BCUT2D eigenvalue weighted by Crippen LogP contribution is -1.96. The van der Waals surface area contributed by atoms with Crippen molar-refractivity contribution in [3.05, 3.63) is 59.1 Å². The van der Waals surface area contributed by atoms with E-state index in [1.165, 1.54) is 11.3 Å². The van der Waals surface area contributed by atoms with Gasteiger partial charge in [-0.1, -0.05) is 12.1 Å². The van der Waals surface area contributed by atoms with Gasteiger partial charge in [0, 0.05) is 6.20 Å². The molecule has 3 heterocycles. The predicted molar refractivity (Wildman–Crippen MR) is 89.8 cm³/mol. The molecule has 0 amide bonds. The molecule has 110 valence electrons. The summed E-state index contributed by atoms with van der Waals surface area (Å²) in [6.07, 6.45) is 1.81. The zero-order valence-corrected chi connectivity index (χ0v) is 13.1. The third kappa shape index (κ3) is 3.20. The van der Waals surface area contributed by atoms with E-state index in [9.17, 15) is 4.79 Å². The summed E-state index contributed by atoms with van der Waals surface area (Å²) in [5.41, 5.74) is 1.96. The van der Waals surface area contributed by atoms with Gasteiger partial charge < -0.3 is 5.32 Å². The normalized spacial score (nSPS) is 10.5. The second kappa shape index (κ2) is 6.07. The van der Waals surface area contributed by atoms with E-state index in [4.69, 9.17) is 0 Å². The van der Waals surface area contributed by atoms with Crippen molar-refractivity contribution >= 4 is 28.8 Å². The highest BCUT2D eigenvalue weighted by Gasteiger charge is 2.08. The van der Waals surface area contributed by atoms with Gasteiger partial charge in [-0.2, -0.15) is 0 Å². The fraction of sp³-hybridized carbons (Fsp3) is 0.118. The molecule has 4 nitrogen and oxygen atoms in total. The van der Waals surface area contributed by atoms with Crippen molar-refractivity contribution in [3.8, 4) is 10.6 Å². The minimum Gasteiger partial charge on any atom is -0.325 e. The van der Waals surface area contributed by atoms with E-state index in [-0.39, 0.29) is 5.78 Å². The van der Waals surface area contributed by atoms with E-state index in [0.29, 0.717) is 0 Å². The van der Waals surface area contributed by atoms with Crippen LogP contribution in [0.3, 0.4) is 0 Å². The van der Waals surface area contributed by atoms with E-state index < -0.39 is 0 Å². The molecule has 0 aliphatic carbocycles. The third-order valence-electron chi connectivity index (χ3n) is 3.12. The smallest absolute Gasteiger partial charge is 0.169 e. The lowest BCUT2D eigenvalue weighted by atomic mass is 10.3. The van der Waals surface area contributed by atoms with E-state index >= 15 is 0 Å². The largest absolute Gasteiger partial charge is 0.325 e. The number of aromatic nitrogens is 2. The molecular weight excluding hydrogens is 294 g/mol. The predicted octanol–water partition coefficient (Wildman–Crippen LogP) is 4.46. The first-order valence-corrected chi connectivity index (χ1v) is 7.71. The van der Waals surface area contributed by atoms with Crippen LogP contribution in [0.5, 0.6) is 0 Å². The maximum absolute atomic E-state index is 11.4. The molecule has 3 aromatic rings. The molecule has 0 aliphatic heterocycles. The minimum atomic E-state index is 0.0781. The zero-order valence-electron chi connectivity index (χ0n) is 12.3. The number of ketones is 1. The summed E-state index contributed by atoms with van der Waals surface area (Å²) >= 11 is 1.46. The fourth-order valence-electron chi connectivity index (χ4n) is 1.98. The standard InChI is InChI=1S/C17H15N3OS/c1-11-6-9-16(18-10-11)20-17-5-3-4-13(19-17)15-8-7-14(22-15)12(2)21/h3-10H,1-2H3,(H,18,19,20). The number of aryl methyl sites for hydroxylation is 1. The van der Waals surface area contributed by atoms with Gasteiger partial charge in [0.2, 0.25) is 0 Å². The summed E-state index contributed by atoms with van der Waals surface area (Å²) in [6.45, 7) is 3.57. The van der Waals surface area contributed by atoms with Crippen molar-refractivity contribution in [2.75, 3.05) is 5.32 Å². The lowest BCUT2D eigenvalue weighted by Gasteiger charge is -2.06. The van der Waals surface area contributed by atoms with Crippen molar-refractivity contribution in [3.63, 3.8) is 0 Å². The van der Waals surface area contributed by atoms with Gasteiger partial charge in [0.15, 0.2) is 5.78 Å². The summed E-state index contributed by atoms with van der Waals surface area (Å²) in [6, 6.07) is 13.4. The fourth-order valence-corrected chi connectivity index (χ4v) is 2.85. The molecule has 0 fully saturated rings. The molecule has 0 saturated heterocycles. The molecule has 0 atom stereocenters. The molecule has 3 aromatic heterocycles. The van der Waals surface area contributed by atoms with Gasteiger partial charge >= 0.3 is 0 Å². The molecule has 22 heavy (non-hydrogen) atoms. The van der Waals surface area contributed by atoms with Crippen LogP contribution < -0.4 is 5.32 Å². The summed E-state index contributed by atoms with van der Waals surface area (Å²) in [4.78, 5) is 22.0. The quantitative estimate of drug-likeness (QED) is 0.723. The Kier molecular flexibility index (Phi) is 3.98. The van der Waals surface area contributed by atoms with Crippen LogP contribution in [-0.4, -0.2) is 15.8 Å². The molecule has 3 rings (SSSR count). The van der Waals surface area contributed by atoms with Gasteiger partial charge in [0.1, 0.15) is 11.6 Å². The number of hydrogen-bond acceptors (Lipinski definition) is 5. The highest BCUT2D eigenvalue weighted by molar-refractivity contribution is 7.17. The molecule has 0 spiro atoms. The maximum Gasteiger partial charge on any atom is 0.169 e. The number of hydrogen-bond donors (Lipinski definition) is 1. The molecule has 1 N–H and O–H groups in total. The van der Waals surface area contributed by atoms with Crippen molar-refractivity contribution < 1.29 is 4.79 Å². The van der Waals surface area contributed by atoms with Gasteiger partial charge in [0.25, 0.3) is 0 Å². The summed E-state index contributed by atoms with van der Waals surface area (Å²) in [7, 11) is 0. The molecule has 0 aliphatic rings. The first kappa shape index (κ1) is 14.4. The molecule has 0 aromatic carbocycles. The monoisotopic (exact) mass is 309 g/mol. The van der Waals surface area contributed by atoms with Crippen LogP contribution in [0.15, 0.2) is 48.7 Å². The molecule has 0 saturated carbocycles. The van der Waals surface area contributed by atoms with Gasteiger partial charge in [0.05, 0.1) is 15.4 Å². The van der Waals surface area contributed by atoms with Crippen LogP contribution in [0.4, 0.5) is 11.6 Å². The third-order valence-corrected chi connectivity index (χ3v) is 4.33. The molecule has 0 bridgehead atoms. The van der Waals surface area contributed by atoms with Crippen molar-refractivity contribution in [1.82, 2.24) is 9.97 Å². The number of thiophene rings is 1. The van der Waals surface area contributed by atoms with E-state index in [0.717, 1.165) is 32.6 Å². The Morgan fingerprint density at radius 3 is 2.64 bits per heavy atom. The first-order valence-electron chi connectivity index (χ1n) is 6.90. The Morgan fingerprint density at radius 1 is 1.09 bits per heavy atom. The van der Waals surface area contributed by atoms with Crippen molar-refractivity contribution in [1.29, 1.82) is 0 Å². The average Bonchev–Trinajstić information content (AvgIpc) is 3.00. The van der Waals surface area contributed by atoms with Gasteiger partial charge in [-0.25, -0.2) is 9.97 Å². The Labute approximate surface area is 132 Å². The van der Waals surface area contributed by atoms with E-state index in [2.05, 4.69) is 15.3 Å². The number of carbonyl (C=O) groups is 1. The Hall–Kier alpha value is -2.53. The average molecular weight is 309 g/mol. The maximum atomic E-state index is 11.4.